The van der Waals surface area contributed by atoms with Gasteiger partial charge in [-0.05, 0) is 64.1 Å². The number of hydrogen-bond acceptors (Lipinski definition) is 5. The minimum absolute atomic E-state index is 0.149. The van der Waals surface area contributed by atoms with Gasteiger partial charge in [0.05, 0.1) is 0 Å². The quantitative estimate of drug-likeness (QED) is 0.614. The van der Waals surface area contributed by atoms with Crippen molar-refractivity contribution in [3.8, 4) is 0 Å². The second kappa shape index (κ2) is 10.5. The number of ether oxygens (including phenoxy) is 1. The van der Waals surface area contributed by atoms with E-state index in [1.54, 1.807) is 23.9 Å². The van der Waals surface area contributed by atoms with E-state index < -0.39 is 11.6 Å². The van der Waals surface area contributed by atoms with Crippen molar-refractivity contribution in [2.75, 3.05) is 12.9 Å². The molecule has 0 aliphatic heterocycles. The fourth-order valence-electron chi connectivity index (χ4n) is 3.19. The van der Waals surface area contributed by atoms with E-state index in [-0.39, 0.29) is 30.5 Å². The average molecular weight is 422 g/mol. The number of nitrogens with one attached hydrogen (secondary N) is 3. The predicted molar refractivity (Wildman–Crippen MR) is 114 cm³/mol. The first-order valence-electron chi connectivity index (χ1n) is 9.87. The Kier molecular flexibility index (Phi) is 8.37. The van der Waals surface area contributed by atoms with Crippen molar-refractivity contribution in [3.05, 3.63) is 29.8 Å². The molecule has 2 atom stereocenters. The topological polar surface area (TPSA) is 96.5 Å². The van der Waals surface area contributed by atoms with Crippen LogP contribution in [0.4, 0.5) is 4.79 Å². The van der Waals surface area contributed by atoms with E-state index >= 15 is 0 Å². The molecule has 8 heteroatoms. The van der Waals surface area contributed by atoms with E-state index in [2.05, 4.69) is 16.0 Å². The molecule has 1 saturated carbocycles. The molecule has 1 aliphatic rings. The van der Waals surface area contributed by atoms with Crippen molar-refractivity contribution < 1.29 is 19.1 Å². The van der Waals surface area contributed by atoms with Crippen LogP contribution in [-0.4, -0.2) is 48.4 Å². The zero-order valence-corrected chi connectivity index (χ0v) is 18.4. The van der Waals surface area contributed by atoms with Crippen molar-refractivity contribution >= 4 is 29.7 Å². The van der Waals surface area contributed by atoms with Gasteiger partial charge in [0.25, 0.3) is 11.8 Å². The second-order valence-electron chi connectivity index (χ2n) is 8.22. The van der Waals surface area contributed by atoms with Crippen LogP contribution in [0.15, 0.2) is 29.2 Å². The number of benzene rings is 1. The number of carbonyl (C=O) groups excluding carboxylic acids is 3. The number of carbonyl (C=O) groups is 3. The van der Waals surface area contributed by atoms with Gasteiger partial charge < -0.3 is 20.7 Å². The van der Waals surface area contributed by atoms with Gasteiger partial charge in [0.2, 0.25) is 0 Å². The minimum Gasteiger partial charge on any atom is -0.439 e. The lowest BCUT2D eigenvalue weighted by molar-refractivity contribution is -0.125. The molecule has 1 aliphatic carbocycles. The van der Waals surface area contributed by atoms with E-state index in [9.17, 15) is 14.4 Å². The van der Waals surface area contributed by atoms with E-state index in [0.29, 0.717) is 5.56 Å². The first-order valence-corrected chi connectivity index (χ1v) is 11.1. The fourth-order valence-corrected chi connectivity index (χ4v) is 3.60. The SMILES string of the molecule is CSc1ccc(C(=O)N[C@H]2CCCC[C@H]2NC(=O)COC(=O)NC(C)(C)C)cc1. The summed E-state index contributed by atoms with van der Waals surface area (Å²) in [5, 5.41) is 8.58. The van der Waals surface area contributed by atoms with Gasteiger partial charge in [0, 0.05) is 28.1 Å². The first kappa shape index (κ1) is 23.1. The molecule has 0 spiro atoms. The lowest BCUT2D eigenvalue weighted by atomic mass is 9.90. The Morgan fingerprint density at radius 2 is 1.62 bits per heavy atom. The van der Waals surface area contributed by atoms with Gasteiger partial charge in [-0.1, -0.05) is 12.8 Å². The van der Waals surface area contributed by atoms with E-state index in [1.807, 2.05) is 39.2 Å². The molecule has 0 heterocycles. The molecule has 7 nitrogen and oxygen atoms in total. The number of rotatable bonds is 6. The highest BCUT2D eigenvalue weighted by atomic mass is 32.2. The summed E-state index contributed by atoms with van der Waals surface area (Å²) in [6, 6.07) is 7.11. The number of amides is 3. The summed E-state index contributed by atoms with van der Waals surface area (Å²) in [5.74, 6) is -0.519. The number of hydrogen-bond donors (Lipinski definition) is 3. The van der Waals surface area contributed by atoms with Crippen molar-refractivity contribution in [3.63, 3.8) is 0 Å². The van der Waals surface area contributed by atoms with Crippen LogP contribution in [0.1, 0.15) is 56.8 Å². The number of alkyl carbamates (subject to hydrolysis) is 1. The number of thioether (sulfide) groups is 1. The maximum Gasteiger partial charge on any atom is 0.408 e. The summed E-state index contributed by atoms with van der Waals surface area (Å²) < 4.78 is 4.98. The Bertz CT molecular complexity index is 716. The zero-order valence-electron chi connectivity index (χ0n) is 17.5. The van der Waals surface area contributed by atoms with Crippen LogP contribution in [-0.2, 0) is 9.53 Å². The Hall–Kier alpha value is -2.22. The normalized spacial score (nSPS) is 19.2. The lowest BCUT2D eigenvalue weighted by Gasteiger charge is -2.32. The van der Waals surface area contributed by atoms with Crippen LogP contribution in [0.5, 0.6) is 0 Å². The molecule has 1 aromatic carbocycles. The molecular formula is C21H31N3O4S. The third-order valence-corrected chi connectivity index (χ3v) is 5.34. The van der Waals surface area contributed by atoms with Gasteiger partial charge in [-0.2, -0.15) is 0 Å². The van der Waals surface area contributed by atoms with Crippen LogP contribution >= 0.6 is 11.8 Å². The highest BCUT2D eigenvalue weighted by Crippen LogP contribution is 2.20. The van der Waals surface area contributed by atoms with Crippen LogP contribution < -0.4 is 16.0 Å². The molecule has 0 aromatic heterocycles. The molecule has 1 aromatic rings. The van der Waals surface area contributed by atoms with Crippen molar-refractivity contribution in [2.24, 2.45) is 0 Å². The minimum atomic E-state index is -0.630. The van der Waals surface area contributed by atoms with Crippen molar-refractivity contribution in [1.82, 2.24) is 16.0 Å². The molecule has 0 saturated heterocycles. The van der Waals surface area contributed by atoms with E-state index in [0.717, 1.165) is 30.6 Å². The van der Waals surface area contributed by atoms with E-state index in [1.165, 1.54) is 0 Å². The van der Waals surface area contributed by atoms with Crippen molar-refractivity contribution in [1.29, 1.82) is 0 Å². The summed E-state index contributed by atoms with van der Waals surface area (Å²) in [5.41, 5.74) is 0.168. The van der Waals surface area contributed by atoms with Crippen LogP contribution in [0.25, 0.3) is 0 Å². The second-order valence-corrected chi connectivity index (χ2v) is 9.10. The predicted octanol–water partition coefficient (Wildman–Crippen LogP) is 3.09. The summed E-state index contributed by atoms with van der Waals surface area (Å²) in [6.45, 7) is 5.14. The molecule has 160 valence electrons. The van der Waals surface area contributed by atoms with E-state index in [4.69, 9.17) is 4.74 Å². The van der Waals surface area contributed by atoms with Gasteiger partial charge in [-0.15, -0.1) is 11.8 Å². The summed E-state index contributed by atoms with van der Waals surface area (Å²) in [7, 11) is 0. The Morgan fingerprint density at radius 1 is 1.03 bits per heavy atom. The largest absolute Gasteiger partial charge is 0.439 e. The molecular weight excluding hydrogens is 390 g/mol. The van der Waals surface area contributed by atoms with Gasteiger partial charge in [0.1, 0.15) is 0 Å². The lowest BCUT2D eigenvalue weighted by Crippen LogP contribution is -2.54. The third kappa shape index (κ3) is 7.97. The van der Waals surface area contributed by atoms with Gasteiger partial charge >= 0.3 is 6.09 Å². The zero-order chi connectivity index (χ0) is 21.4. The molecule has 29 heavy (non-hydrogen) atoms. The Balaban J connectivity index is 1.87. The molecule has 0 radical (unpaired) electrons. The molecule has 0 bridgehead atoms. The van der Waals surface area contributed by atoms with Crippen LogP contribution in [0, 0.1) is 0 Å². The van der Waals surface area contributed by atoms with Gasteiger partial charge in [-0.3, -0.25) is 9.59 Å². The monoisotopic (exact) mass is 421 g/mol. The molecule has 2 rings (SSSR count). The Labute approximate surface area is 176 Å². The maximum absolute atomic E-state index is 12.6. The molecule has 3 amide bonds. The maximum atomic E-state index is 12.6. The van der Waals surface area contributed by atoms with Crippen molar-refractivity contribution in [2.45, 2.75) is 69.0 Å². The Morgan fingerprint density at radius 3 is 2.17 bits per heavy atom. The van der Waals surface area contributed by atoms with Gasteiger partial charge in [-0.25, -0.2) is 4.79 Å². The van der Waals surface area contributed by atoms with Crippen LogP contribution in [0.3, 0.4) is 0 Å². The highest BCUT2D eigenvalue weighted by Gasteiger charge is 2.28. The molecule has 1 fully saturated rings. The fraction of sp³-hybridized carbons (Fsp3) is 0.571. The summed E-state index contributed by atoms with van der Waals surface area (Å²) in [4.78, 5) is 37.6. The smallest absolute Gasteiger partial charge is 0.408 e. The first-order chi connectivity index (χ1) is 13.7. The highest BCUT2D eigenvalue weighted by molar-refractivity contribution is 7.98. The summed E-state index contributed by atoms with van der Waals surface area (Å²) >= 11 is 1.62. The van der Waals surface area contributed by atoms with Gasteiger partial charge in [0.15, 0.2) is 6.61 Å². The third-order valence-electron chi connectivity index (χ3n) is 4.59. The standard InChI is InChI=1S/C21H31N3O4S/c1-21(2,3)24-20(27)28-13-18(25)22-16-7-5-6-8-17(16)23-19(26)14-9-11-15(29-4)12-10-14/h9-12,16-17H,5-8,13H2,1-4H3,(H,22,25)(H,23,26)(H,24,27)/t16-,17+/m1/s1. The molecule has 0 unspecified atom stereocenters. The summed E-state index contributed by atoms with van der Waals surface area (Å²) in [6.07, 6.45) is 4.90. The van der Waals surface area contributed by atoms with Crippen LogP contribution in [0.2, 0.25) is 0 Å². The molecule has 3 N–H and O–H groups in total. The average Bonchev–Trinajstić information content (AvgIpc) is 2.66.